The maximum atomic E-state index is 3.76. The monoisotopic (exact) mass is 309 g/mol. The smallest absolute Gasteiger partial charge is 0.0646 e. The molecule has 0 spiro atoms. The molecule has 0 aliphatic carbocycles. The summed E-state index contributed by atoms with van der Waals surface area (Å²) in [5, 5.41) is 3.77. The Bertz CT molecular complexity index is 620. The Morgan fingerprint density at radius 1 is 1.33 bits per heavy atom. The van der Waals surface area contributed by atoms with E-state index in [1.54, 1.807) is 0 Å². The summed E-state index contributed by atoms with van der Waals surface area (Å²) in [7, 11) is 0. The summed E-state index contributed by atoms with van der Waals surface area (Å²) in [4.78, 5) is 0. The van der Waals surface area contributed by atoms with Crippen LogP contribution in [0.3, 0.4) is 0 Å². The van der Waals surface area contributed by atoms with Gasteiger partial charge in [-0.05, 0) is 19.1 Å². The van der Waals surface area contributed by atoms with E-state index >= 15 is 0 Å². The summed E-state index contributed by atoms with van der Waals surface area (Å²) < 4.78 is 2.17. The molecule has 15 heavy (non-hydrogen) atoms. The van der Waals surface area contributed by atoms with Crippen LogP contribution in [0.4, 0.5) is 0 Å². The maximum Gasteiger partial charge on any atom is 0.0646 e. The maximum absolute atomic E-state index is 3.76. The number of hydrogen-bond donors (Lipinski definition) is 0. The third kappa shape index (κ3) is 1.63. The molecule has 0 unspecified atom stereocenters. The molecule has 0 bridgehead atoms. The van der Waals surface area contributed by atoms with Gasteiger partial charge in [0.15, 0.2) is 0 Å². The highest BCUT2D eigenvalue weighted by Gasteiger charge is 2.02. The first kappa shape index (κ1) is 10.5. The van der Waals surface area contributed by atoms with Gasteiger partial charge in [0.25, 0.3) is 0 Å². The Labute approximate surface area is 103 Å². The number of allylic oxidation sites excluding steroid dienone is 1. The van der Waals surface area contributed by atoms with Gasteiger partial charge < -0.3 is 0 Å². The molecule has 2 aromatic rings. The zero-order chi connectivity index (χ0) is 10.8. The Hall–Kier alpha value is -1.03. The van der Waals surface area contributed by atoms with Crippen molar-refractivity contribution in [2.24, 2.45) is 0 Å². The van der Waals surface area contributed by atoms with Crippen LogP contribution in [-0.4, -0.2) is 2.78 Å². The van der Waals surface area contributed by atoms with Crippen LogP contribution in [0.2, 0.25) is 0 Å². The molecule has 0 N–H and O–H groups in total. The molecule has 0 radical (unpaired) electrons. The molecule has 1 aromatic carbocycles. The van der Waals surface area contributed by atoms with Crippen LogP contribution in [0, 0.1) is 0 Å². The number of benzene rings is 1. The van der Waals surface area contributed by atoms with E-state index in [1.807, 2.05) is 12.2 Å². The van der Waals surface area contributed by atoms with Crippen molar-refractivity contribution >= 4 is 45.9 Å². The largest absolute Gasteiger partial charge is 0.282 e. The summed E-state index contributed by atoms with van der Waals surface area (Å²) >= 11 is 2.32. The van der Waals surface area contributed by atoms with Gasteiger partial charge in [-0.1, -0.05) is 36.9 Å². The van der Waals surface area contributed by atoms with Gasteiger partial charge in [0.05, 0.1) is 33.7 Å². The van der Waals surface area contributed by atoms with E-state index in [9.17, 15) is 0 Å². The molecule has 0 aliphatic rings. The molecule has 1 heterocycles. The first-order chi connectivity index (χ1) is 7.29. The van der Waals surface area contributed by atoms with Crippen LogP contribution in [0.1, 0.15) is 6.92 Å². The van der Waals surface area contributed by atoms with E-state index in [0.29, 0.717) is 0 Å². The van der Waals surface area contributed by atoms with E-state index in [-0.39, 0.29) is 0 Å². The van der Waals surface area contributed by atoms with Crippen LogP contribution in [-0.2, 0) is 0 Å². The van der Waals surface area contributed by atoms with Crippen molar-refractivity contribution in [3.63, 3.8) is 0 Å². The van der Waals surface area contributed by atoms with E-state index in [0.717, 1.165) is 0 Å². The summed E-state index contributed by atoms with van der Waals surface area (Å²) in [6.45, 7) is 5.82. The highest BCUT2D eigenvalue weighted by molar-refractivity contribution is 14.1. The van der Waals surface area contributed by atoms with E-state index in [1.165, 1.54) is 21.5 Å². The third-order valence-corrected chi connectivity index (χ3v) is 3.50. The van der Waals surface area contributed by atoms with Crippen LogP contribution in [0.25, 0.3) is 23.1 Å². The summed E-state index contributed by atoms with van der Waals surface area (Å²) in [5.74, 6) is 0. The lowest BCUT2D eigenvalue weighted by molar-refractivity contribution is 1.31. The van der Waals surface area contributed by atoms with Gasteiger partial charge in [0.2, 0.25) is 0 Å². The minimum absolute atomic E-state index is 1.20. The van der Waals surface area contributed by atoms with Gasteiger partial charge >= 0.3 is 0 Å². The van der Waals surface area contributed by atoms with Crippen molar-refractivity contribution in [1.82, 2.24) is 2.78 Å². The molecule has 0 amide bonds. The molecule has 2 rings (SSSR count). The summed E-state index contributed by atoms with van der Waals surface area (Å²) in [6.07, 6.45) is 6.02. The fourth-order valence-electron chi connectivity index (χ4n) is 1.82. The molecule has 2 heteroatoms. The zero-order valence-electron chi connectivity index (χ0n) is 8.57. The van der Waals surface area contributed by atoms with Gasteiger partial charge in [0.1, 0.15) is 0 Å². The molecular formula is C13H12IN. The molecule has 0 aliphatic heterocycles. The number of aromatic nitrogens is 1. The molecule has 1 nitrogen and oxygen atoms in total. The molecule has 1 aromatic heterocycles. The number of hydrogen-bond acceptors (Lipinski definition) is 0. The van der Waals surface area contributed by atoms with Crippen molar-refractivity contribution < 1.29 is 0 Å². The zero-order valence-corrected chi connectivity index (χ0v) is 10.7. The fourth-order valence-corrected chi connectivity index (χ4v) is 2.66. The van der Waals surface area contributed by atoms with Crippen molar-refractivity contribution in [3.8, 4) is 0 Å². The minimum atomic E-state index is 1.20. The van der Waals surface area contributed by atoms with Gasteiger partial charge in [-0.15, -0.1) is 0 Å². The second-order valence-electron chi connectivity index (χ2n) is 3.29. The standard InChI is InChI=1S/C13H12IN/c1-3-7-12-10(4-2)11-8-5-6-9-13(11)15(12)14/h3-9H,1H2,2H3/b10-4-,12-7+. The van der Waals surface area contributed by atoms with Crippen molar-refractivity contribution in [1.29, 1.82) is 0 Å². The third-order valence-electron chi connectivity index (χ3n) is 2.46. The minimum Gasteiger partial charge on any atom is -0.282 e. The van der Waals surface area contributed by atoms with Crippen LogP contribution in [0.5, 0.6) is 0 Å². The predicted molar refractivity (Wildman–Crippen MR) is 75.4 cm³/mol. The number of nitrogens with zero attached hydrogens (tertiary/aromatic N) is 1. The summed E-state index contributed by atoms with van der Waals surface area (Å²) in [5.41, 5.74) is 1.25. The average Bonchev–Trinajstić information content (AvgIpc) is 2.54. The second-order valence-corrected chi connectivity index (χ2v) is 4.25. The normalized spacial score (nSPS) is 13.7. The Morgan fingerprint density at radius 2 is 2.07 bits per heavy atom. The van der Waals surface area contributed by atoms with Crippen molar-refractivity contribution in [3.05, 3.63) is 47.5 Å². The number of halogens is 1. The molecule has 0 fully saturated rings. The van der Waals surface area contributed by atoms with E-state index < -0.39 is 0 Å². The summed E-state index contributed by atoms with van der Waals surface area (Å²) in [6, 6.07) is 8.42. The first-order valence-corrected chi connectivity index (χ1v) is 5.80. The van der Waals surface area contributed by atoms with Gasteiger partial charge in [0, 0.05) is 10.6 Å². The lowest BCUT2D eigenvalue weighted by atomic mass is 10.2. The molecular weight excluding hydrogens is 297 g/mol. The fraction of sp³-hybridized carbons (Fsp3) is 0.0769. The van der Waals surface area contributed by atoms with Gasteiger partial charge in [-0.25, -0.2) is 0 Å². The highest BCUT2D eigenvalue weighted by Crippen LogP contribution is 2.10. The first-order valence-electron chi connectivity index (χ1n) is 4.84. The number of rotatable bonds is 1. The second kappa shape index (κ2) is 4.23. The lowest BCUT2D eigenvalue weighted by Crippen LogP contribution is -2.24. The molecule has 0 atom stereocenters. The Balaban J connectivity index is 3.12. The van der Waals surface area contributed by atoms with E-state index in [2.05, 4.69) is 69.5 Å². The van der Waals surface area contributed by atoms with Gasteiger partial charge in [-0.2, -0.15) is 0 Å². The molecule has 0 saturated heterocycles. The average molecular weight is 309 g/mol. The quantitative estimate of drug-likeness (QED) is 0.714. The topological polar surface area (TPSA) is 4.93 Å². The lowest BCUT2D eigenvalue weighted by Gasteiger charge is -1.91. The highest BCUT2D eigenvalue weighted by atomic mass is 127. The Morgan fingerprint density at radius 3 is 2.73 bits per heavy atom. The van der Waals surface area contributed by atoms with Crippen LogP contribution in [0.15, 0.2) is 36.9 Å². The SMILES string of the molecule is C=C/C=c1\c(=C/C)c2ccccc2n1I. The molecule has 0 saturated carbocycles. The van der Waals surface area contributed by atoms with E-state index in [4.69, 9.17) is 0 Å². The predicted octanol–water partition coefficient (Wildman–Crippen LogP) is 2.61. The van der Waals surface area contributed by atoms with Crippen LogP contribution >= 0.6 is 22.9 Å². The van der Waals surface area contributed by atoms with Crippen molar-refractivity contribution in [2.45, 2.75) is 6.92 Å². The van der Waals surface area contributed by atoms with Gasteiger partial charge in [-0.3, -0.25) is 2.78 Å². The van der Waals surface area contributed by atoms with Crippen molar-refractivity contribution in [2.75, 3.05) is 0 Å². The van der Waals surface area contributed by atoms with Crippen LogP contribution < -0.4 is 10.6 Å². The Kier molecular flexibility index (Phi) is 2.95. The number of para-hydroxylation sites is 1. The number of fused-ring (bicyclic) bond motifs is 1. The molecule has 76 valence electrons.